The third kappa shape index (κ3) is 4.38. The molecule has 0 aliphatic heterocycles. The first kappa shape index (κ1) is 10.9. The Hall–Kier alpha value is -0.0800. The average molecular weight is 158 g/mol. The summed E-state index contributed by atoms with van der Waals surface area (Å²) in [4.78, 5) is 0. The van der Waals surface area contributed by atoms with E-state index in [9.17, 15) is 0 Å². The maximum absolute atomic E-state index is 3.27. The summed E-state index contributed by atoms with van der Waals surface area (Å²) >= 11 is 0. The lowest BCUT2D eigenvalue weighted by atomic mass is 9.96. The van der Waals surface area contributed by atoms with Gasteiger partial charge in [0.25, 0.3) is 0 Å². The average Bonchev–Trinajstić information content (AvgIpc) is 2.02. The molecule has 0 aromatic rings. The van der Waals surface area contributed by atoms with Gasteiger partial charge >= 0.3 is 0 Å². The first-order valence-electron chi connectivity index (χ1n) is 4.46. The molecule has 0 bridgehead atoms. The summed E-state index contributed by atoms with van der Waals surface area (Å²) in [7, 11) is 4.03. The molecule has 3 unspecified atom stereocenters. The van der Waals surface area contributed by atoms with Crippen LogP contribution in [0, 0.1) is 5.92 Å². The summed E-state index contributed by atoms with van der Waals surface area (Å²) in [6, 6.07) is 1.24. The number of rotatable bonds is 5. The largest absolute Gasteiger partial charge is 0.317 e. The molecule has 0 spiro atoms. The molecule has 0 heterocycles. The predicted octanol–water partition coefficient (Wildman–Crippen LogP) is 1.23. The van der Waals surface area contributed by atoms with Crippen molar-refractivity contribution in [1.29, 1.82) is 0 Å². The van der Waals surface area contributed by atoms with Crippen molar-refractivity contribution in [3.63, 3.8) is 0 Å². The molecule has 0 saturated heterocycles. The molecule has 0 aliphatic rings. The Labute approximate surface area is 70.8 Å². The van der Waals surface area contributed by atoms with Crippen LogP contribution < -0.4 is 10.6 Å². The fraction of sp³-hybridized carbons (Fsp3) is 1.00. The van der Waals surface area contributed by atoms with Gasteiger partial charge in [0.05, 0.1) is 0 Å². The van der Waals surface area contributed by atoms with E-state index in [0.717, 1.165) is 5.92 Å². The van der Waals surface area contributed by atoms with E-state index in [2.05, 4.69) is 31.4 Å². The van der Waals surface area contributed by atoms with Crippen molar-refractivity contribution >= 4 is 0 Å². The van der Waals surface area contributed by atoms with Crippen LogP contribution >= 0.6 is 0 Å². The van der Waals surface area contributed by atoms with E-state index >= 15 is 0 Å². The highest BCUT2D eigenvalue weighted by atomic mass is 14.9. The normalized spacial score (nSPS) is 19.4. The van der Waals surface area contributed by atoms with Crippen molar-refractivity contribution < 1.29 is 0 Å². The van der Waals surface area contributed by atoms with Crippen molar-refractivity contribution in [1.82, 2.24) is 10.6 Å². The first-order chi connectivity index (χ1) is 5.11. The Morgan fingerprint density at radius 3 is 1.91 bits per heavy atom. The van der Waals surface area contributed by atoms with Crippen LogP contribution in [0.5, 0.6) is 0 Å². The van der Waals surface area contributed by atoms with Crippen LogP contribution in [0.4, 0.5) is 0 Å². The van der Waals surface area contributed by atoms with Gasteiger partial charge in [0.15, 0.2) is 0 Å². The van der Waals surface area contributed by atoms with Gasteiger partial charge in [-0.25, -0.2) is 0 Å². The molecule has 0 aromatic heterocycles. The topological polar surface area (TPSA) is 24.1 Å². The minimum Gasteiger partial charge on any atom is -0.317 e. The minimum absolute atomic E-state index is 0.616. The van der Waals surface area contributed by atoms with E-state index in [1.807, 2.05) is 14.1 Å². The van der Waals surface area contributed by atoms with Crippen LogP contribution in [0.25, 0.3) is 0 Å². The van der Waals surface area contributed by atoms with Gasteiger partial charge < -0.3 is 10.6 Å². The van der Waals surface area contributed by atoms with Crippen molar-refractivity contribution in [2.24, 2.45) is 5.92 Å². The summed E-state index contributed by atoms with van der Waals surface area (Å²) in [5, 5.41) is 6.51. The van der Waals surface area contributed by atoms with E-state index in [1.54, 1.807) is 0 Å². The molecule has 3 atom stereocenters. The van der Waals surface area contributed by atoms with Crippen LogP contribution in [0.2, 0.25) is 0 Å². The molecule has 0 saturated carbocycles. The third-order valence-electron chi connectivity index (χ3n) is 2.53. The monoisotopic (exact) mass is 158 g/mol. The van der Waals surface area contributed by atoms with Gasteiger partial charge in [0, 0.05) is 12.1 Å². The summed E-state index contributed by atoms with van der Waals surface area (Å²) in [5.41, 5.74) is 0. The second-order valence-electron chi connectivity index (χ2n) is 3.48. The van der Waals surface area contributed by atoms with Crippen molar-refractivity contribution in [2.75, 3.05) is 14.1 Å². The molecule has 2 heteroatoms. The van der Waals surface area contributed by atoms with Gasteiger partial charge in [0.1, 0.15) is 0 Å². The molecular weight excluding hydrogens is 136 g/mol. The standard InChI is InChI=1S/C9H22N2/c1-7(9(3)11-5)6-8(2)10-4/h7-11H,6H2,1-5H3. The summed E-state index contributed by atoms with van der Waals surface area (Å²) in [6.07, 6.45) is 1.23. The van der Waals surface area contributed by atoms with Crippen LogP contribution in [0.1, 0.15) is 27.2 Å². The van der Waals surface area contributed by atoms with E-state index in [1.165, 1.54) is 6.42 Å². The lowest BCUT2D eigenvalue weighted by Crippen LogP contribution is -2.33. The van der Waals surface area contributed by atoms with Crippen molar-refractivity contribution in [2.45, 2.75) is 39.3 Å². The Morgan fingerprint density at radius 1 is 1.00 bits per heavy atom. The van der Waals surface area contributed by atoms with Crippen LogP contribution in [-0.2, 0) is 0 Å². The summed E-state index contributed by atoms with van der Waals surface area (Å²) in [5.74, 6) is 0.738. The van der Waals surface area contributed by atoms with Gasteiger partial charge in [-0.3, -0.25) is 0 Å². The fourth-order valence-electron chi connectivity index (χ4n) is 1.16. The highest BCUT2D eigenvalue weighted by Crippen LogP contribution is 2.09. The molecule has 0 amide bonds. The van der Waals surface area contributed by atoms with Gasteiger partial charge in [-0.05, 0) is 40.3 Å². The SMILES string of the molecule is CNC(C)CC(C)C(C)NC. The molecule has 2 N–H and O–H groups in total. The molecule has 0 fully saturated rings. The minimum atomic E-state index is 0.616. The van der Waals surface area contributed by atoms with E-state index < -0.39 is 0 Å². The maximum Gasteiger partial charge on any atom is 0.00619 e. The Balaban J connectivity index is 3.58. The van der Waals surface area contributed by atoms with E-state index in [0.29, 0.717) is 12.1 Å². The zero-order valence-electron chi connectivity index (χ0n) is 8.44. The van der Waals surface area contributed by atoms with Gasteiger partial charge in [-0.1, -0.05) is 6.92 Å². The Kier molecular flexibility index (Phi) is 5.51. The third-order valence-corrected chi connectivity index (χ3v) is 2.53. The van der Waals surface area contributed by atoms with E-state index in [-0.39, 0.29) is 0 Å². The quantitative estimate of drug-likeness (QED) is 0.629. The zero-order chi connectivity index (χ0) is 8.85. The smallest absolute Gasteiger partial charge is 0.00619 e. The van der Waals surface area contributed by atoms with Gasteiger partial charge in [-0.15, -0.1) is 0 Å². The highest BCUT2D eigenvalue weighted by Gasteiger charge is 2.12. The molecular formula is C9H22N2. The molecule has 0 rings (SSSR count). The summed E-state index contributed by atoms with van der Waals surface area (Å²) in [6.45, 7) is 6.74. The number of hydrogen-bond acceptors (Lipinski definition) is 2. The molecule has 68 valence electrons. The molecule has 0 aromatic carbocycles. The predicted molar refractivity (Wildman–Crippen MR) is 50.8 cm³/mol. The van der Waals surface area contributed by atoms with Crippen LogP contribution in [0.3, 0.4) is 0 Å². The van der Waals surface area contributed by atoms with Crippen LogP contribution in [0.15, 0.2) is 0 Å². The number of hydrogen-bond donors (Lipinski definition) is 2. The fourth-order valence-corrected chi connectivity index (χ4v) is 1.16. The second kappa shape index (κ2) is 5.56. The maximum atomic E-state index is 3.27. The lowest BCUT2D eigenvalue weighted by molar-refractivity contribution is 0.360. The second-order valence-corrected chi connectivity index (χ2v) is 3.48. The lowest BCUT2D eigenvalue weighted by Gasteiger charge is -2.22. The van der Waals surface area contributed by atoms with Gasteiger partial charge in [0.2, 0.25) is 0 Å². The molecule has 11 heavy (non-hydrogen) atoms. The molecule has 0 radical (unpaired) electrons. The number of nitrogens with one attached hydrogen (secondary N) is 2. The van der Waals surface area contributed by atoms with E-state index in [4.69, 9.17) is 0 Å². The van der Waals surface area contributed by atoms with Crippen molar-refractivity contribution in [3.8, 4) is 0 Å². The zero-order valence-corrected chi connectivity index (χ0v) is 8.44. The van der Waals surface area contributed by atoms with Crippen LogP contribution in [-0.4, -0.2) is 26.2 Å². The Bertz CT molecular complexity index is 93.6. The molecule has 0 aliphatic carbocycles. The molecule has 2 nitrogen and oxygen atoms in total. The summed E-state index contributed by atoms with van der Waals surface area (Å²) < 4.78 is 0. The highest BCUT2D eigenvalue weighted by molar-refractivity contribution is 4.70. The Morgan fingerprint density at radius 2 is 1.55 bits per heavy atom. The van der Waals surface area contributed by atoms with Crippen molar-refractivity contribution in [3.05, 3.63) is 0 Å². The van der Waals surface area contributed by atoms with Gasteiger partial charge in [-0.2, -0.15) is 0 Å². The first-order valence-corrected chi connectivity index (χ1v) is 4.46.